The summed E-state index contributed by atoms with van der Waals surface area (Å²) in [4.78, 5) is 4.73. The maximum Gasteiger partial charge on any atom is 0.155 e. The summed E-state index contributed by atoms with van der Waals surface area (Å²) >= 11 is 1.12. The van der Waals surface area contributed by atoms with E-state index < -0.39 is 18.0 Å². The predicted octanol–water partition coefficient (Wildman–Crippen LogP) is 2.98. The summed E-state index contributed by atoms with van der Waals surface area (Å²) in [6, 6.07) is 6.40. The molecule has 0 aliphatic rings. The molecule has 0 aliphatic heterocycles. The third-order valence-corrected chi connectivity index (χ3v) is 6.14. The van der Waals surface area contributed by atoms with Gasteiger partial charge in [-0.3, -0.25) is 4.68 Å². The number of aliphatic hydroxyl groups is 2. The highest BCUT2D eigenvalue weighted by molar-refractivity contribution is 7.99. The van der Waals surface area contributed by atoms with E-state index in [4.69, 9.17) is 0 Å². The first-order valence-corrected chi connectivity index (χ1v) is 10.3. The maximum absolute atomic E-state index is 14.2. The van der Waals surface area contributed by atoms with Crippen molar-refractivity contribution in [1.82, 2.24) is 24.4 Å². The maximum atomic E-state index is 14.2. The normalized spacial score (nSPS) is 13.3. The molecule has 158 valence electrons. The van der Waals surface area contributed by atoms with Crippen LogP contribution >= 0.6 is 11.8 Å². The molecular weight excluding hydrogens is 419 g/mol. The molecule has 4 rings (SSSR count). The number of hydrogen-bond acceptors (Lipinski definition) is 7. The Morgan fingerprint density at radius 1 is 1.32 bits per heavy atom. The Hall–Kier alpha value is -3.26. The van der Waals surface area contributed by atoms with Crippen molar-refractivity contribution in [2.45, 2.75) is 35.9 Å². The van der Waals surface area contributed by atoms with E-state index in [-0.39, 0.29) is 11.6 Å². The number of nitriles is 1. The van der Waals surface area contributed by atoms with Crippen LogP contribution in [-0.4, -0.2) is 47.3 Å². The van der Waals surface area contributed by atoms with Gasteiger partial charge >= 0.3 is 0 Å². The van der Waals surface area contributed by atoms with Crippen LogP contribution in [0.5, 0.6) is 0 Å². The van der Waals surface area contributed by atoms with Crippen LogP contribution in [0.15, 0.2) is 52.9 Å². The molecule has 0 aromatic carbocycles. The lowest BCUT2D eigenvalue weighted by atomic mass is 10.1. The molecule has 2 atom stereocenters. The molecule has 4 aromatic rings. The van der Waals surface area contributed by atoms with Crippen molar-refractivity contribution in [3.63, 3.8) is 0 Å². The smallest absolute Gasteiger partial charge is 0.155 e. The van der Waals surface area contributed by atoms with Crippen molar-refractivity contribution in [1.29, 1.82) is 5.26 Å². The molecule has 0 saturated heterocycles. The minimum Gasteiger partial charge on any atom is -0.394 e. The molecule has 10 heteroatoms. The minimum absolute atomic E-state index is 0.193. The zero-order valence-corrected chi connectivity index (χ0v) is 17.6. The number of nitrogens with zero attached hydrogens (tertiary/aromatic N) is 6. The Labute approximate surface area is 181 Å². The zero-order valence-electron chi connectivity index (χ0n) is 16.8. The summed E-state index contributed by atoms with van der Waals surface area (Å²) in [5, 5.41) is 37.6. The van der Waals surface area contributed by atoms with E-state index in [1.165, 1.54) is 24.5 Å². The molecule has 8 nitrogen and oxygen atoms in total. The van der Waals surface area contributed by atoms with Crippen molar-refractivity contribution in [3.05, 3.63) is 60.1 Å². The quantitative estimate of drug-likeness (QED) is 0.476. The van der Waals surface area contributed by atoms with Gasteiger partial charge in [0.15, 0.2) is 5.82 Å². The van der Waals surface area contributed by atoms with Gasteiger partial charge in [0.05, 0.1) is 42.2 Å². The Morgan fingerprint density at radius 3 is 2.84 bits per heavy atom. The van der Waals surface area contributed by atoms with Crippen LogP contribution < -0.4 is 0 Å². The van der Waals surface area contributed by atoms with E-state index in [9.17, 15) is 19.9 Å². The third kappa shape index (κ3) is 3.79. The highest BCUT2D eigenvalue weighted by Crippen LogP contribution is 2.36. The Kier molecular flexibility index (Phi) is 5.73. The largest absolute Gasteiger partial charge is 0.394 e. The van der Waals surface area contributed by atoms with Gasteiger partial charge in [-0.15, -0.1) is 0 Å². The molecule has 0 amide bonds. The lowest BCUT2D eigenvalue weighted by Gasteiger charge is -2.19. The molecule has 0 radical (unpaired) electrons. The van der Waals surface area contributed by atoms with Gasteiger partial charge in [-0.2, -0.15) is 15.5 Å². The van der Waals surface area contributed by atoms with Crippen molar-refractivity contribution in [3.8, 4) is 17.2 Å². The molecule has 0 saturated carbocycles. The Bertz CT molecular complexity index is 1300. The molecule has 0 fully saturated rings. The average molecular weight is 438 g/mol. The van der Waals surface area contributed by atoms with Crippen molar-refractivity contribution < 1.29 is 14.6 Å². The lowest BCUT2D eigenvalue weighted by Crippen LogP contribution is -2.26. The molecule has 4 heterocycles. The van der Waals surface area contributed by atoms with Crippen molar-refractivity contribution in [2.75, 3.05) is 6.61 Å². The molecule has 0 bridgehead atoms. The van der Waals surface area contributed by atoms with E-state index in [0.29, 0.717) is 16.0 Å². The van der Waals surface area contributed by atoms with Crippen LogP contribution in [0.25, 0.3) is 16.6 Å². The third-order valence-electron chi connectivity index (χ3n) is 5.11. The fraction of sp³-hybridized carbons (Fsp3) is 0.238. The molecule has 31 heavy (non-hydrogen) atoms. The Balaban J connectivity index is 1.85. The molecular formula is C21H19FN6O2S. The molecule has 4 aromatic heterocycles. The lowest BCUT2D eigenvalue weighted by molar-refractivity contribution is 0.0528. The number of rotatable bonds is 6. The van der Waals surface area contributed by atoms with E-state index in [1.807, 2.05) is 13.0 Å². The summed E-state index contributed by atoms with van der Waals surface area (Å²) in [6.07, 6.45) is 5.47. The second-order valence-corrected chi connectivity index (χ2v) is 8.06. The zero-order chi connectivity index (χ0) is 22.1. The van der Waals surface area contributed by atoms with E-state index in [0.717, 1.165) is 28.6 Å². The van der Waals surface area contributed by atoms with Gasteiger partial charge in [0.2, 0.25) is 0 Å². The van der Waals surface area contributed by atoms with Gasteiger partial charge in [0, 0.05) is 34.1 Å². The fourth-order valence-electron chi connectivity index (χ4n) is 3.37. The van der Waals surface area contributed by atoms with E-state index in [1.54, 1.807) is 28.5 Å². The monoisotopic (exact) mass is 438 g/mol. The summed E-state index contributed by atoms with van der Waals surface area (Å²) in [7, 11) is 0. The first-order valence-electron chi connectivity index (χ1n) is 9.47. The standard InChI is InChI=1S/C21H19FN6O2S/c1-12-16(9-26-28(12)13(2)18(30)11-29)14-6-19(31-21-17(22)4-3-5-24-21)20-15(7-23)8-25-27(20)10-14/h3-6,8-10,13,18,29-30H,11H2,1-2H3/t13-,18+/m0/s1. The summed E-state index contributed by atoms with van der Waals surface area (Å²) < 4.78 is 17.5. The number of halogens is 1. The van der Waals surface area contributed by atoms with Crippen LogP contribution in [0.1, 0.15) is 24.2 Å². The second kappa shape index (κ2) is 8.47. The van der Waals surface area contributed by atoms with Gasteiger partial charge in [-0.05, 0) is 32.0 Å². The SMILES string of the molecule is Cc1c(-c2cc(Sc3ncccc3F)c3c(C#N)cnn3c2)cnn1[C@@H](C)[C@H](O)CO. The predicted molar refractivity (Wildman–Crippen MR) is 112 cm³/mol. The van der Waals surface area contributed by atoms with Crippen LogP contribution in [0.3, 0.4) is 0 Å². The van der Waals surface area contributed by atoms with Gasteiger partial charge in [-0.25, -0.2) is 13.9 Å². The number of fused-ring (bicyclic) bond motifs is 1. The summed E-state index contributed by atoms with van der Waals surface area (Å²) in [5.74, 6) is -0.454. The Morgan fingerprint density at radius 2 is 2.13 bits per heavy atom. The van der Waals surface area contributed by atoms with Crippen molar-refractivity contribution in [2.24, 2.45) is 0 Å². The van der Waals surface area contributed by atoms with E-state index in [2.05, 4.69) is 21.3 Å². The number of hydrogen-bond donors (Lipinski definition) is 2. The van der Waals surface area contributed by atoms with E-state index >= 15 is 0 Å². The van der Waals surface area contributed by atoms with Gasteiger partial charge in [0.1, 0.15) is 11.1 Å². The van der Waals surface area contributed by atoms with Crippen LogP contribution in [0, 0.1) is 24.1 Å². The molecule has 0 aliphatic carbocycles. The first kappa shape index (κ1) is 21.0. The van der Waals surface area contributed by atoms with Crippen LogP contribution in [0.2, 0.25) is 0 Å². The second-order valence-electron chi connectivity index (χ2n) is 7.03. The summed E-state index contributed by atoms with van der Waals surface area (Å²) in [5.41, 5.74) is 3.27. The fourth-order valence-corrected chi connectivity index (χ4v) is 4.35. The van der Waals surface area contributed by atoms with Crippen LogP contribution in [-0.2, 0) is 0 Å². The molecule has 0 spiro atoms. The molecule has 2 N–H and O–H groups in total. The molecule has 0 unspecified atom stereocenters. The average Bonchev–Trinajstić information content (AvgIpc) is 3.37. The van der Waals surface area contributed by atoms with Gasteiger partial charge in [0.25, 0.3) is 0 Å². The highest BCUT2D eigenvalue weighted by atomic mass is 32.2. The van der Waals surface area contributed by atoms with Gasteiger partial charge < -0.3 is 10.2 Å². The topological polar surface area (TPSA) is 112 Å². The van der Waals surface area contributed by atoms with Crippen LogP contribution in [0.4, 0.5) is 4.39 Å². The minimum atomic E-state index is -0.948. The number of aromatic nitrogens is 5. The van der Waals surface area contributed by atoms with Gasteiger partial charge in [-0.1, -0.05) is 11.8 Å². The summed E-state index contributed by atoms with van der Waals surface area (Å²) in [6.45, 7) is 3.26. The number of aliphatic hydroxyl groups excluding tert-OH is 2. The van der Waals surface area contributed by atoms with Crippen molar-refractivity contribution >= 4 is 17.3 Å². The highest BCUT2D eigenvalue weighted by Gasteiger charge is 2.21. The number of pyridine rings is 2. The first-order chi connectivity index (χ1) is 14.9.